The molecular weight excluding hydrogens is 204 g/mol. The van der Waals surface area contributed by atoms with Crippen LogP contribution in [-0.4, -0.2) is 25.4 Å². The van der Waals surface area contributed by atoms with Gasteiger partial charge in [-0.3, -0.25) is 0 Å². The van der Waals surface area contributed by atoms with Crippen LogP contribution in [0.15, 0.2) is 23.8 Å². The Morgan fingerprint density at radius 1 is 1.25 bits per heavy atom. The molecule has 1 aromatic rings. The summed E-state index contributed by atoms with van der Waals surface area (Å²) < 4.78 is 10.4. The van der Waals surface area contributed by atoms with E-state index in [9.17, 15) is 5.11 Å². The van der Waals surface area contributed by atoms with Gasteiger partial charge in [0.05, 0.1) is 20.3 Å². The van der Waals surface area contributed by atoms with Gasteiger partial charge in [-0.2, -0.15) is 0 Å². The lowest BCUT2D eigenvalue weighted by molar-refractivity contribution is 0.232. The summed E-state index contributed by atoms with van der Waals surface area (Å²) in [4.78, 5) is 0. The first kappa shape index (κ1) is 12.6. The van der Waals surface area contributed by atoms with Gasteiger partial charge in [0.15, 0.2) is 11.5 Å². The third kappa shape index (κ3) is 3.00. The molecule has 1 aromatic carbocycles. The van der Waals surface area contributed by atoms with E-state index in [1.165, 1.54) is 0 Å². The Kier molecular flexibility index (Phi) is 4.38. The molecule has 0 aliphatic carbocycles. The van der Waals surface area contributed by atoms with Crippen LogP contribution in [0.1, 0.15) is 19.4 Å². The van der Waals surface area contributed by atoms with Crippen molar-refractivity contribution in [2.24, 2.45) is 0 Å². The first-order valence-electron chi connectivity index (χ1n) is 5.16. The number of benzene rings is 1. The molecule has 0 fully saturated rings. The zero-order valence-electron chi connectivity index (χ0n) is 10.2. The van der Waals surface area contributed by atoms with Crippen molar-refractivity contribution in [3.05, 3.63) is 29.3 Å². The molecule has 0 bridgehead atoms. The topological polar surface area (TPSA) is 38.7 Å². The summed E-state index contributed by atoms with van der Waals surface area (Å²) in [6, 6.07) is 5.65. The minimum Gasteiger partial charge on any atom is -0.493 e. The largest absolute Gasteiger partial charge is 0.493 e. The number of aliphatic hydroxyl groups excluding tert-OH is 1. The summed E-state index contributed by atoms with van der Waals surface area (Å²) in [6.45, 7) is 3.63. The fourth-order valence-electron chi connectivity index (χ4n) is 1.33. The lowest BCUT2D eigenvalue weighted by Gasteiger charge is -2.09. The molecule has 1 unspecified atom stereocenters. The van der Waals surface area contributed by atoms with Crippen LogP contribution in [0.25, 0.3) is 6.08 Å². The number of methoxy groups -OCH3 is 2. The average molecular weight is 222 g/mol. The summed E-state index contributed by atoms with van der Waals surface area (Å²) in [5, 5.41) is 9.39. The molecule has 0 spiro atoms. The Morgan fingerprint density at radius 2 is 1.88 bits per heavy atom. The van der Waals surface area contributed by atoms with Gasteiger partial charge >= 0.3 is 0 Å². The van der Waals surface area contributed by atoms with Crippen LogP contribution in [-0.2, 0) is 0 Å². The van der Waals surface area contributed by atoms with E-state index in [-0.39, 0.29) is 0 Å². The van der Waals surface area contributed by atoms with E-state index < -0.39 is 6.10 Å². The predicted octanol–water partition coefficient (Wildman–Crippen LogP) is 2.49. The number of hydrogen-bond donors (Lipinski definition) is 1. The van der Waals surface area contributed by atoms with Gasteiger partial charge in [-0.1, -0.05) is 12.1 Å². The van der Waals surface area contributed by atoms with Crippen molar-refractivity contribution in [3.8, 4) is 11.5 Å². The molecule has 1 N–H and O–H groups in total. The maximum atomic E-state index is 9.39. The third-order valence-corrected chi connectivity index (χ3v) is 2.46. The number of hydrogen-bond acceptors (Lipinski definition) is 3. The summed E-state index contributed by atoms with van der Waals surface area (Å²) in [5.41, 5.74) is 1.89. The highest BCUT2D eigenvalue weighted by Gasteiger charge is 2.04. The van der Waals surface area contributed by atoms with Crippen LogP contribution in [0, 0.1) is 0 Å². The Bertz CT molecular complexity index is 381. The van der Waals surface area contributed by atoms with Crippen LogP contribution in [0.2, 0.25) is 0 Å². The molecule has 16 heavy (non-hydrogen) atoms. The van der Waals surface area contributed by atoms with Gasteiger partial charge in [0, 0.05) is 0 Å². The minimum atomic E-state index is -0.437. The van der Waals surface area contributed by atoms with Gasteiger partial charge < -0.3 is 14.6 Å². The minimum absolute atomic E-state index is 0.437. The van der Waals surface area contributed by atoms with Crippen LogP contribution in [0.4, 0.5) is 0 Å². The molecule has 0 aliphatic heterocycles. The highest BCUT2D eigenvalue weighted by Crippen LogP contribution is 2.28. The fraction of sp³-hybridized carbons (Fsp3) is 0.385. The molecule has 88 valence electrons. The molecule has 0 aliphatic rings. The highest BCUT2D eigenvalue weighted by atomic mass is 16.5. The Labute approximate surface area is 96.3 Å². The molecule has 0 aromatic heterocycles. The molecule has 0 amide bonds. The van der Waals surface area contributed by atoms with Crippen LogP contribution in [0.3, 0.4) is 0 Å². The molecule has 0 saturated heterocycles. The zero-order valence-corrected chi connectivity index (χ0v) is 10.2. The van der Waals surface area contributed by atoms with Gasteiger partial charge in [-0.15, -0.1) is 0 Å². The number of rotatable bonds is 4. The van der Waals surface area contributed by atoms with Crippen LogP contribution >= 0.6 is 0 Å². The van der Waals surface area contributed by atoms with E-state index in [0.29, 0.717) is 11.5 Å². The average Bonchev–Trinajstić information content (AvgIpc) is 2.28. The maximum Gasteiger partial charge on any atom is 0.161 e. The van der Waals surface area contributed by atoms with Crippen LogP contribution < -0.4 is 9.47 Å². The van der Waals surface area contributed by atoms with Crippen molar-refractivity contribution in [2.75, 3.05) is 14.2 Å². The van der Waals surface area contributed by atoms with Gasteiger partial charge in [-0.05, 0) is 37.1 Å². The van der Waals surface area contributed by atoms with Crippen molar-refractivity contribution >= 4 is 6.08 Å². The first-order valence-corrected chi connectivity index (χ1v) is 5.16. The lowest BCUT2D eigenvalue weighted by atomic mass is 10.1. The quantitative estimate of drug-likeness (QED) is 0.850. The predicted molar refractivity (Wildman–Crippen MR) is 64.9 cm³/mol. The second-order valence-corrected chi connectivity index (χ2v) is 3.68. The van der Waals surface area contributed by atoms with Crippen molar-refractivity contribution in [1.82, 2.24) is 0 Å². The van der Waals surface area contributed by atoms with Crippen molar-refractivity contribution in [1.29, 1.82) is 0 Å². The molecule has 1 atom stereocenters. The zero-order chi connectivity index (χ0) is 12.1. The van der Waals surface area contributed by atoms with Crippen molar-refractivity contribution < 1.29 is 14.6 Å². The molecule has 0 heterocycles. The van der Waals surface area contributed by atoms with E-state index in [0.717, 1.165) is 11.1 Å². The Morgan fingerprint density at radius 3 is 2.38 bits per heavy atom. The molecule has 1 rings (SSSR count). The van der Waals surface area contributed by atoms with Gasteiger partial charge in [0.25, 0.3) is 0 Å². The second kappa shape index (κ2) is 5.56. The summed E-state index contributed by atoms with van der Waals surface area (Å²) in [7, 11) is 3.21. The molecular formula is C13H18O3. The van der Waals surface area contributed by atoms with Gasteiger partial charge in [0.2, 0.25) is 0 Å². The fourth-order valence-corrected chi connectivity index (χ4v) is 1.33. The number of ether oxygens (including phenoxy) is 2. The maximum absolute atomic E-state index is 9.39. The van der Waals surface area contributed by atoms with Crippen molar-refractivity contribution in [2.45, 2.75) is 20.0 Å². The third-order valence-electron chi connectivity index (χ3n) is 2.46. The normalized spacial score (nSPS) is 13.4. The van der Waals surface area contributed by atoms with E-state index in [2.05, 4.69) is 0 Å². The van der Waals surface area contributed by atoms with Crippen molar-refractivity contribution in [3.63, 3.8) is 0 Å². The summed E-state index contributed by atoms with van der Waals surface area (Å²) >= 11 is 0. The SMILES string of the molecule is COc1ccc(/C=C(/C)C(C)O)cc1OC. The standard InChI is InChI=1S/C13H18O3/c1-9(10(2)14)7-11-5-6-12(15-3)13(8-11)16-4/h5-8,10,14H,1-4H3/b9-7-. The Balaban J connectivity index is 3.04. The molecule has 0 radical (unpaired) electrons. The number of aliphatic hydroxyl groups is 1. The lowest BCUT2D eigenvalue weighted by Crippen LogP contribution is -2.00. The molecule has 3 nitrogen and oxygen atoms in total. The monoisotopic (exact) mass is 222 g/mol. The van der Waals surface area contributed by atoms with Gasteiger partial charge in [-0.25, -0.2) is 0 Å². The van der Waals surface area contributed by atoms with Gasteiger partial charge in [0.1, 0.15) is 0 Å². The van der Waals surface area contributed by atoms with E-state index >= 15 is 0 Å². The molecule has 0 saturated carbocycles. The smallest absolute Gasteiger partial charge is 0.161 e. The Hall–Kier alpha value is -1.48. The van der Waals surface area contributed by atoms with E-state index in [1.807, 2.05) is 31.2 Å². The summed E-state index contributed by atoms with van der Waals surface area (Å²) in [6.07, 6.45) is 1.49. The van der Waals surface area contributed by atoms with E-state index in [1.54, 1.807) is 21.1 Å². The molecule has 3 heteroatoms. The second-order valence-electron chi connectivity index (χ2n) is 3.68. The highest BCUT2D eigenvalue weighted by molar-refractivity contribution is 5.58. The summed E-state index contributed by atoms with van der Waals surface area (Å²) in [5.74, 6) is 1.39. The first-order chi connectivity index (χ1) is 7.58. The van der Waals surface area contributed by atoms with E-state index in [4.69, 9.17) is 9.47 Å². The van der Waals surface area contributed by atoms with Crippen LogP contribution in [0.5, 0.6) is 11.5 Å².